The molecule has 5 rings (SSSR count). The van der Waals surface area contributed by atoms with Crippen molar-refractivity contribution in [3.05, 3.63) is 108 Å². The molecule has 1 heterocycles. The van der Waals surface area contributed by atoms with E-state index in [4.69, 9.17) is 4.74 Å². The molecule has 0 spiro atoms. The number of hydrogen-bond donors (Lipinski definition) is 1. The number of esters is 1. The first-order chi connectivity index (χ1) is 16.6. The number of carboxylic acid groups (broad SMARTS) is 1. The molecule has 0 saturated carbocycles. The van der Waals surface area contributed by atoms with Crippen LogP contribution in [0.4, 0.5) is 0 Å². The second-order valence-corrected chi connectivity index (χ2v) is 8.47. The number of fused-ring (bicyclic) bond motifs is 3. The molecule has 1 N–H and O–H groups in total. The molecular formula is C28H24N2O4. The Hall–Kier alpha value is -4.19. The second-order valence-electron chi connectivity index (χ2n) is 8.47. The van der Waals surface area contributed by atoms with Gasteiger partial charge in [-0.3, -0.25) is 9.59 Å². The van der Waals surface area contributed by atoms with Gasteiger partial charge in [0.2, 0.25) is 0 Å². The monoisotopic (exact) mass is 452 g/mol. The number of nitrogens with zero attached hydrogens (tertiary/aromatic N) is 2. The van der Waals surface area contributed by atoms with E-state index in [0.717, 1.165) is 33.5 Å². The van der Waals surface area contributed by atoms with Crippen molar-refractivity contribution in [2.45, 2.75) is 18.8 Å². The van der Waals surface area contributed by atoms with Crippen LogP contribution >= 0.6 is 0 Å². The van der Waals surface area contributed by atoms with E-state index in [-0.39, 0.29) is 25.4 Å². The van der Waals surface area contributed by atoms with Gasteiger partial charge in [0.05, 0.1) is 18.0 Å². The average Bonchev–Trinajstić information content (AvgIpc) is 3.50. The Morgan fingerprint density at radius 2 is 1.56 bits per heavy atom. The van der Waals surface area contributed by atoms with Crippen molar-refractivity contribution >= 4 is 11.9 Å². The van der Waals surface area contributed by atoms with Crippen LogP contribution in [0.3, 0.4) is 0 Å². The Morgan fingerprint density at radius 3 is 2.15 bits per heavy atom. The van der Waals surface area contributed by atoms with Gasteiger partial charge >= 0.3 is 11.9 Å². The molecule has 1 unspecified atom stereocenters. The summed E-state index contributed by atoms with van der Waals surface area (Å²) in [6, 6.07) is 25.6. The van der Waals surface area contributed by atoms with Gasteiger partial charge in [-0.1, -0.05) is 60.7 Å². The molecular weight excluding hydrogens is 428 g/mol. The van der Waals surface area contributed by atoms with Crippen LogP contribution in [-0.4, -0.2) is 33.4 Å². The minimum absolute atomic E-state index is 0.0468. The molecule has 170 valence electrons. The first-order valence-electron chi connectivity index (χ1n) is 11.3. The van der Waals surface area contributed by atoms with E-state index in [2.05, 4.69) is 29.4 Å². The Morgan fingerprint density at radius 1 is 0.912 bits per heavy atom. The fraction of sp³-hybridized carbons (Fsp3) is 0.179. The zero-order valence-electron chi connectivity index (χ0n) is 18.5. The number of aromatic nitrogens is 2. The quantitative estimate of drug-likeness (QED) is 0.386. The minimum atomic E-state index is -1.01. The van der Waals surface area contributed by atoms with Crippen LogP contribution in [-0.2, 0) is 20.7 Å². The van der Waals surface area contributed by atoms with Gasteiger partial charge in [-0.2, -0.15) is 5.10 Å². The fourth-order valence-electron chi connectivity index (χ4n) is 4.61. The number of carboxylic acids is 1. The summed E-state index contributed by atoms with van der Waals surface area (Å²) in [4.78, 5) is 24.5. The zero-order valence-corrected chi connectivity index (χ0v) is 18.5. The predicted octanol–water partition coefficient (Wildman–Crippen LogP) is 4.86. The number of carbonyl (C=O) groups is 2. The number of benzene rings is 3. The van der Waals surface area contributed by atoms with E-state index in [9.17, 15) is 14.7 Å². The lowest BCUT2D eigenvalue weighted by atomic mass is 9.96. The summed E-state index contributed by atoms with van der Waals surface area (Å²) in [5.41, 5.74) is 6.29. The van der Waals surface area contributed by atoms with Crippen LogP contribution in [0.15, 0.2) is 91.3 Å². The van der Waals surface area contributed by atoms with E-state index in [1.807, 2.05) is 60.8 Å². The van der Waals surface area contributed by atoms with Crippen LogP contribution in [0.1, 0.15) is 29.0 Å². The molecule has 6 heteroatoms. The highest BCUT2D eigenvalue weighted by Gasteiger charge is 2.30. The average molecular weight is 453 g/mol. The van der Waals surface area contributed by atoms with Crippen LogP contribution < -0.4 is 0 Å². The summed E-state index contributed by atoms with van der Waals surface area (Å²) in [5, 5.41) is 13.9. The summed E-state index contributed by atoms with van der Waals surface area (Å²) in [5.74, 6) is -2.41. The Kier molecular flexibility index (Phi) is 5.95. The molecule has 1 atom stereocenters. The SMILES string of the molecule is O=C(CC(Cc1ccc(-n2cccn2)cc1)C(=O)O)OCC1c2ccccc2-c2ccccc21. The van der Waals surface area contributed by atoms with Crippen molar-refractivity contribution in [1.29, 1.82) is 0 Å². The van der Waals surface area contributed by atoms with Crippen molar-refractivity contribution in [1.82, 2.24) is 9.78 Å². The van der Waals surface area contributed by atoms with Crippen LogP contribution in [0.25, 0.3) is 16.8 Å². The Bertz CT molecular complexity index is 1270. The highest BCUT2D eigenvalue weighted by molar-refractivity contribution is 5.80. The number of aliphatic carboxylic acids is 1. The fourth-order valence-corrected chi connectivity index (χ4v) is 4.61. The molecule has 1 aliphatic rings. The molecule has 0 fully saturated rings. The summed E-state index contributed by atoms with van der Waals surface area (Å²) in [7, 11) is 0. The van der Waals surface area contributed by atoms with Gasteiger partial charge in [0.1, 0.15) is 6.61 Å². The van der Waals surface area contributed by atoms with Gasteiger partial charge in [-0.05, 0) is 52.4 Å². The maximum absolute atomic E-state index is 12.6. The van der Waals surface area contributed by atoms with E-state index in [0.29, 0.717) is 0 Å². The molecule has 34 heavy (non-hydrogen) atoms. The van der Waals surface area contributed by atoms with Gasteiger partial charge in [-0.25, -0.2) is 4.68 Å². The van der Waals surface area contributed by atoms with Crippen LogP contribution in [0.5, 0.6) is 0 Å². The third-order valence-electron chi connectivity index (χ3n) is 6.32. The summed E-state index contributed by atoms with van der Waals surface area (Å²) in [6.07, 6.45) is 3.61. The molecule has 0 saturated heterocycles. The van der Waals surface area contributed by atoms with Gasteiger partial charge in [-0.15, -0.1) is 0 Å². The maximum Gasteiger partial charge on any atom is 0.307 e. The van der Waals surface area contributed by atoms with Crippen LogP contribution in [0, 0.1) is 5.92 Å². The van der Waals surface area contributed by atoms with E-state index >= 15 is 0 Å². The first kappa shape index (κ1) is 21.6. The van der Waals surface area contributed by atoms with Crippen molar-refractivity contribution in [3.63, 3.8) is 0 Å². The van der Waals surface area contributed by atoms with Crippen molar-refractivity contribution in [2.75, 3.05) is 6.61 Å². The number of hydrogen-bond acceptors (Lipinski definition) is 4. The van der Waals surface area contributed by atoms with E-state index in [1.54, 1.807) is 10.9 Å². The van der Waals surface area contributed by atoms with Gasteiger partial charge in [0, 0.05) is 18.3 Å². The molecule has 4 aromatic rings. The molecule has 3 aromatic carbocycles. The standard InChI is InChI=1S/C28H24N2O4/c31-27(34-18-26-24-8-3-1-6-22(24)23-7-2-4-9-25(23)26)17-20(28(32)33)16-19-10-12-21(13-11-19)30-15-5-14-29-30/h1-15,20,26H,16-18H2,(H,32,33). The van der Waals surface area contributed by atoms with Crippen molar-refractivity contribution < 1.29 is 19.4 Å². The minimum Gasteiger partial charge on any atom is -0.481 e. The topological polar surface area (TPSA) is 81.4 Å². The Balaban J connectivity index is 1.23. The van der Waals surface area contributed by atoms with Gasteiger partial charge in [0.25, 0.3) is 0 Å². The maximum atomic E-state index is 12.6. The van der Waals surface area contributed by atoms with Crippen molar-refractivity contribution in [2.24, 2.45) is 5.92 Å². The predicted molar refractivity (Wildman–Crippen MR) is 128 cm³/mol. The highest BCUT2D eigenvalue weighted by atomic mass is 16.5. The molecule has 1 aliphatic carbocycles. The normalized spacial score (nSPS) is 13.2. The molecule has 1 aromatic heterocycles. The Labute approximate surface area is 197 Å². The summed E-state index contributed by atoms with van der Waals surface area (Å²) in [6.45, 7) is 0.192. The van der Waals surface area contributed by atoms with E-state index < -0.39 is 17.9 Å². The zero-order chi connectivity index (χ0) is 23.5. The highest BCUT2D eigenvalue weighted by Crippen LogP contribution is 2.44. The lowest BCUT2D eigenvalue weighted by Crippen LogP contribution is -2.22. The molecule has 0 bridgehead atoms. The molecule has 0 aliphatic heterocycles. The summed E-state index contributed by atoms with van der Waals surface area (Å²) < 4.78 is 7.34. The third-order valence-corrected chi connectivity index (χ3v) is 6.32. The van der Waals surface area contributed by atoms with Gasteiger partial charge < -0.3 is 9.84 Å². The smallest absolute Gasteiger partial charge is 0.307 e. The number of rotatable bonds is 8. The van der Waals surface area contributed by atoms with Crippen molar-refractivity contribution in [3.8, 4) is 16.8 Å². The van der Waals surface area contributed by atoms with E-state index in [1.165, 1.54) is 0 Å². The number of carbonyl (C=O) groups excluding carboxylic acids is 1. The molecule has 0 amide bonds. The number of ether oxygens (including phenoxy) is 1. The second kappa shape index (κ2) is 9.35. The van der Waals surface area contributed by atoms with Crippen LogP contribution in [0.2, 0.25) is 0 Å². The van der Waals surface area contributed by atoms with Gasteiger partial charge in [0.15, 0.2) is 0 Å². The third kappa shape index (κ3) is 4.35. The largest absolute Gasteiger partial charge is 0.481 e. The lowest BCUT2D eigenvalue weighted by Gasteiger charge is -2.16. The molecule has 0 radical (unpaired) electrons. The first-order valence-corrected chi connectivity index (χ1v) is 11.3. The lowest BCUT2D eigenvalue weighted by molar-refractivity contribution is -0.151. The molecule has 6 nitrogen and oxygen atoms in total. The summed E-state index contributed by atoms with van der Waals surface area (Å²) >= 11 is 0.